The Balaban J connectivity index is 1.93. The number of nitrogens with zero attached hydrogens (tertiary/aromatic N) is 1. The van der Waals surface area contributed by atoms with E-state index >= 15 is 0 Å². The van der Waals surface area contributed by atoms with E-state index in [2.05, 4.69) is 10.6 Å². The number of ether oxygens (including phenoxy) is 1. The second-order valence-corrected chi connectivity index (χ2v) is 12.4. The van der Waals surface area contributed by atoms with Crippen LogP contribution >= 0.6 is 0 Å². The summed E-state index contributed by atoms with van der Waals surface area (Å²) in [6.45, 7) is 4.45. The predicted molar refractivity (Wildman–Crippen MR) is 182 cm³/mol. The minimum Gasteiger partial charge on any atom is -0.444 e. The van der Waals surface area contributed by atoms with Gasteiger partial charge in [0, 0.05) is 12.5 Å². The predicted octanol–water partition coefficient (Wildman–Crippen LogP) is 4.10. The van der Waals surface area contributed by atoms with E-state index in [9.17, 15) is 24.6 Å². The van der Waals surface area contributed by atoms with Crippen molar-refractivity contribution in [2.75, 3.05) is 24.6 Å². The van der Waals surface area contributed by atoms with E-state index in [4.69, 9.17) is 9.84 Å². The maximum atomic E-state index is 14.3. The summed E-state index contributed by atoms with van der Waals surface area (Å²) in [5, 5.41) is 36.1. The van der Waals surface area contributed by atoms with Gasteiger partial charge in [-0.1, -0.05) is 91.0 Å². The molecular formula is C37H47N3O7. The maximum Gasteiger partial charge on any atom is 0.407 e. The van der Waals surface area contributed by atoms with Crippen LogP contribution in [0.25, 0.3) is 6.08 Å². The van der Waals surface area contributed by atoms with Gasteiger partial charge in [-0.05, 0) is 63.3 Å². The third kappa shape index (κ3) is 13.1. The number of nitrogens with one attached hydrogen (secondary N) is 2. The molecule has 0 aliphatic carbocycles. The van der Waals surface area contributed by atoms with Crippen LogP contribution in [0, 0.1) is 5.92 Å². The number of carbonyl (C=O) groups is 3. The fourth-order valence-corrected chi connectivity index (χ4v) is 4.94. The lowest BCUT2D eigenvalue weighted by Crippen LogP contribution is -2.50. The van der Waals surface area contributed by atoms with Crippen molar-refractivity contribution >= 4 is 29.7 Å². The summed E-state index contributed by atoms with van der Waals surface area (Å²) in [4.78, 5) is 41.8. The molecule has 0 spiro atoms. The monoisotopic (exact) mass is 645 g/mol. The summed E-state index contributed by atoms with van der Waals surface area (Å²) < 4.78 is 5.48. The number of para-hydroxylation sites is 1. The van der Waals surface area contributed by atoms with Crippen molar-refractivity contribution in [3.8, 4) is 0 Å². The molecule has 3 aromatic carbocycles. The molecule has 0 heterocycles. The highest BCUT2D eigenvalue weighted by Gasteiger charge is 2.34. The van der Waals surface area contributed by atoms with Gasteiger partial charge in [0.2, 0.25) is 11.8 Å². The number of benzene rings is 3. The smallest absolute Gasteiger partial charge is 0.407 e. The first kappa shape index (κ1) is 37.1. The molecule has 0 bridgehead atoms. The Morgan fingerprint density at radius 3 is 2.09 bits per heavy atom. The number of hydrogen-bond donors (Lipinski definition) is 5. The summed E-state index contributed by atoms with van der Waals surface area (Å²) in [6, 6.07) is 26.6. The molecule has 5 N–H and O–H groups in total. The molecule has 0 aliphatic heterocycles. The van der Waals surface area contributed by atoms with Crippen molar-refractivity contribution in [1.29, 1.82) is 0 Å². The average molecular weight is 646 g/mol. The number of imide groups is 1. The summed E-state index contributed by atoms with van der Waals surface area (Å²) in [6.07, 6.45) is 1.17. The Hall–Kier alpha value is -4.35. The van der Waals surface area contributed by atoms with Crippen LogP contribution in [0.3, 0.4) is 0 Å². The number of aliphatic hydroxyl groups is 3. The zero-order chi connectivity index (χ0) is 34.2. The van der Waals surface area contributed by atoms with E-state index in [1.54, 1.807) is 51.1 Å². The quantitative estimate of drug-likeness (QED) is 0.157. The highest BCUT2D eigenvalue weighted by molar-refractivity contribution is 6.16. The number of aliphatic hydroxyl groups excluding tert-OH is 3. The summed E-state index contributed by atoms with van der Waals surface area (Å²) in [5.74, 6) is -1.96. The first-order valence-electron chi connectivity index (χ1n) is 15.8. The number of amides is 3. The fraction of sp³-hybridized carbons (Fsp3) is 0.378. The van der Waals surface area contributed by atoms with E-state index in [1.165, 1.54) is 0 Å². The maximum absolute atomic E-state index is 14.3. The molecule has 0 aromatic heterocycles. The second kappa shape index (κ2) is 18.7. The van der Waals surface area contributed by atoms with E-state index in [0.29, 0.717) is 5.69 Å². The minimum atomic E-state index is -1.19. The number of hydrogen-bond acceptors (Lipinski definition) is 8. The third-order valence-corrected chi connectivity index (χ3v) is 7.22. The molecule has 3 aromatic rings. The van der Waals surface area contributed by atoms with Crippen LogP contribution in [0.1, 0.15) is 44.7 Å². The second-order valence-electron chi connectivity index (χ2n) is 12.4. The first-order valence-corrected chi connectivity index (χ1v) is 15.8. The Bertz CT molecular complexity index is 1410. The van der Waals surface area contributed by atoms with Crippen LogP contribution in [-0.4, -0.2) is 76.8 Å². The fourth-order valence-electron chi connectivity index (χ4n) is 4.94. The summed E-state index contributed by atoms with van der Waals surface area (Å²) in [5.41, 5.74) is 1.39. The van der Waals surface area contributed by atoms with Gasteiger partial charge in [0.05, 0.1) is 37.1 Å². The van der Waals surface area contributed by atoms with Crippen LogP contribution in [0.2, 0.25) is 0 Å². The van der Waals surface area contributed by atoms with Crippen molar-refractivity contribution < 1.29 is 34.4 Å². The summed E-state index contributed by atoms with van der Waals surface area (Å²) >= 11 is 0. The number of anilines is 1. The minimum absolute atomic E-state index is 0.0431. The lowest BCUT2D eigenvalue weighted by Gasteiger charge is -2.30. The van der Waals surface area contributed by atoms with Crippen LogP contribution in [0.15, 0.2) is 97.1 Å². The Kier molecular flexibility index (Phi) is 14.8. The first-order chi connectivity index (χ1) is 22.5. The van der Waals surface area contributed by atoms with Gasteiger partial charge in [-0.2, -0.15) is 0 Å². The third-order valence-electron chi connectivity index (χ3n) is 7.22. The molecule has 0 aliphatic rings. The van der Waals surface area contributed by atoms with E-state index < -0.39 is 54.3 Å². The highest BCUT2D eigenvalue weighted by atomic mass is 16.6. The Morgan fingerprint density at radius 1 is 0.894 bits per heavy atom. The molecule has 0 saturated carbocycles. The number of carbonyl (C=O) groups excluding carboxylic acids is 3. The summed E-state index contributed by atoms with van der Waals surface area (Å²) in [7, 11) is 0. The molecule has 47 heavy (non-hydrogen) atoms. The van der Waals surface area contributed by atoms with Crippen LogP contribution in [0.5, 0.6) is 0 Å². The van der Waals surface area contributed by atoms with Gasteiger partial charge in [-0.15, -0.1) is 0 Å². The average Bonchev–Trinajstić information content (AvgIpc) is 3.04. The molecule has 0 radical (unpaired) electrons. The van der Waals surface area contributed by atoms with E-state index in [-0.39, 0.29) is 32.4 Å². The van der Waals surface area contributed by atoms with Gasteiger partial charge < -0.3 is 30.7 Å². The molecule has 0 saturated heterocycles. The van der Waals surface area contributed by atoms with Gasteiger partial charge in [-0.3, -0.25) is 9.59 Å². The molecule has 0 unspecified atom stereocenters. The van der Waals surface area contributed by atoms with Crippen LogP contribution < -0.4 is 15.5 Å². The largest absolute Gasteiger partial charge is 0.444 e. The van der Waals surface area contributed by atoms with Gasteiger partial charge >= 0.3 is 6.09 Å². The van der Waals surface area contributed by atoms with Crippen LogP contribution in [-0.2, 0) is 20.7 Å². The molecule has 0 fully saturated rings. The van der Waals surface area contributed by atoms with E-state index in [1.807, 2.05) is 72.8 Å². The molecule has 3 rings (SSSR count). The van der Waals surface area contributed by atoms with Crippen molar-refractivity contribution in [2.45, 2.75) is 63.9 Å². The molecular weight excluding hydrogens is 598 g/mol. The van der Waals surface area contributed by atoms with Gasteiger partial charge in [-0.25, -0.2) is 9.69 Å². The lowest BCUT2D eigenvalue weighted by molar-refractivity contribution is -0.129. The molecule has 3 amide bonds. The lowest BCUT2D eigenvalue weighted by atomic mass is 9.90. The normalized spacial score (nSPS) is 14.2. The zero-order valence-electron chi connectivity index (χ0n) is 27.3. The number of allylic oxidation sites excluding steroid dienone is 1. The zero-order valence-corrected chi connectivity index (χ0v) is 27.3. The van der Waals surface area contributed by atoms with Gasteiger partial charge in [0.1, 0.15) is 5.60 Å². The SMILES string of the molecule is CC(C)(C)OC(=O)N[C@@H](Cc1ccccc1)[C@@H](O)C[C@@H](CC=Cc1ccccc1)C(=O)N(C(=O)CNC[C@@H](O)CO)c1ccccc1. The van der Waals surface area contributed by atoms with E-state index in [0.717, 1.165) is 16.0 Å². The standard InChI is InChI=1S/C37H47N3O7/c1-37(2,3)47-36(46)39-32(22-28-16-9-5-10-17-28)33(43)23-29(19-13-18-27-14-7-4-8-15-27)35(45)40(30-20-11-6-12-21-30)34(44)25-38-24-31(42)26-41/h4-18,20-21,29,31-33,38,41-43H,19,22-26H2,1-3H3,(H,39,46)/t29-,31-,32+,33+/m1/s1. The molecule has 10 nitrogen and oxygen atoms in total. The molecule has 4 atom stereocenters. The topological polar surface area (TPSA) is 148 Å². The Morgan fingerprint density at radius 2 is 1.49 bits per heavy atom. The van der Waals surface area contributed by atoms with Crippen molar-refractivity contribution in [2.24, 2.45) is 5.92 Å². The highest BCUT2D eigenvalue weighted by Crippen LogP contribution is 2.24. The Labute approximate surface area is 277 Å². The molecule has 10 heteroatoms. The van der Waals surface area contributed by atoms with Crippen LogP contribution in [0.4, 0.5) is 10.5 Å². The van der Waals surface area contributed by atoms with Crippen molar-refractivity contribution in [1.82, 2.24) is 10.6 Å². The number of rotatable bonds is 16. The van der Waals surface area contributed by atoms with Crippen molar-refractivity contribution in [3.63, 3.8) is 0 Å². The van der Waals surface area contributed by atoms with Gasteiger partial charge in [0.25, 0.3) is 0 Å². The van der Waals surface area contributed by atoms with Gasteiger partial charge in [0.15, 0.2) is 0 Å². The number of alkyl carbamates (subject to hydrolysis) is 1. The van der Waals surface area contributed by atoms with Crippen molar-refractivity contribution in [3.05, 3.63) is 108 Å². The molecule has 252 valence electrons.